The van der Waals surface area contributed by atoms with Crippen LogP contribution in [0.15, 0.2) is 21.7 Å². The Kier molecular flexibility index (Phi) is 3.45. The maximum Gasteiger partial charge on any atom is 0.265 e. The zero-order chi connectivity index (χ0) is 9.68. The van der Waals surface area contributed by atoms with Crippen molar-refractivity contribution >= 4 is 0 Å². The number of rotatable bonds is 4. The van der Waals surface area contributed by atoms with Gasteiger partial charge in [0.25, 0.3) is 11.1 Å². The number of nitrogens with zero attached hydrogens (tertiary/aromatic N) is 1. The van der Waals surface area contributed by atoms with Crippen molar-refractivity contribution in [1.82, 2.24) is 9.78 Å². The van der Waals surface area contributed by atoms with E-state index in [1.54, 1.807) is 0 Å². The molecule has 0 unspecified atom stereocenters. The predicted octanol–water partition coefficient (Wildman–Crippen LogP) is -0.691. The molecular formula is C8H12N2O3. The lowest BCUT2D eigenvalue weighted by molar-refractivity contribution is 0.279. The molecule has 5 nitrogen and oxygen atoms in total. The first kappa shape index (κ1) is 9.73. The third-order valence-electron chi connectivity index (χ3n) is 1.68. The minimum atomic E-state index is -0.288. The number of unbranched alkanes of at least 4 members (excludes halogenated alkanes) is 1. The smallest absolute Gasteiger partial charge is 0.265 e. The molecule has 0 saturated carbocycles. The second-order valence-corrected chi connectivity index (χ2v) is 2.73. The summed E-state index contributed by atoms with van der Waals surface area (Å²) in [5.74, 6) is 0. The van der Waals surface area contributed by atoms with Gasteiger partial charge in [0.15, 0.2) is 0 Å². The molecule has 5 heteroatoms. The molecule has 0 atom stereocenters. The number of H-pyrrole nitrogens is 1. The quantitative estimate of drug-likeness (QED) is 0.608. The summed E-state index contributed by atoms with van der Waals surface area (Å²) in [5, 5.41) is 10.9. The molecule has 13 heavy (non-hydrogen) atoms. The number of nitrogens with one attached hydrogen (secondary N) is 1. The van der Waals surface area contributed by atoms with Crippen molar-refractivity contribution in [3.63, 3.8) is 0 Å². The van der Waals surface area contributed by atoms with Gasteiger partial charge < -0.3 is 5.11 Å². The van der Waals surface area contributed by atoms with Crippen LogP contribution in [0.4, 0.5) is 0 Å². The fourth-order valence-corrected chi connectivity index (χ4v) is 1.01. The Morgan fingerprint density at radius 3 is 2.77 bits per heavy atom. The zero-order valence-corrected chi connectivity index (χ0v) is 7.19. The van der Waals surface area contributed by atoms with Gasteiger partial charge in [0.1, 0.15) is 0 Å². The number of hydrogen-bond acceptors (Lipinski definition) is 3. The lowest BCUT2D eigenvalue weighted by atomic mass is 10.3. The fourth-order valence-electron chi connectivity index (χ4n) is 1.01. The van der Waals surface area contributed by atoms with E-state index >= 15 is 0 Å². The summed E-state index contributed by atoms with van der Waals surface area (Å²) in [7, 11) is 0. The highest BCUT2D eigenvalue weighted by Gasteiger charge is 1.95. The molecule has 0 amide bonds. The Morgan fingerprint density at radius 1 is 1.31 bits per heavy atom. The van der Waals surface area contributed by atoms with Crippen molar-refractivity contribution in [2.24, 2.45) is 0 Å². The molecule has 0 fully saturated rings. The monoisotopic (exact) mass is 184 g/mol. The van der Waals surface area contributed by atoms with Crippen LogP contribution in [0.1, 0.15) is 12.8 Å². The Hall–Kier alpha value is -1.36. The van der Waals surface area contributed by atoms with Crippen LogP contribution in [-0.4, -0.2) is 21.5 Å². The van der Waals surface area contributed by atoms with E-state index < -0.39 is 0 Å². The van der Waals surface area contributed by atoms with Crippen molar-refractivity contribution < 1.29 is 5.11 Å². The highest BCUT2D eigenvalue weighted by atomic mass is 16.3. The average Bonchev–Trinajstić information content (AvgIpc) is 2.11. The molecule has 0 saturated heterocycles. The fraction of sp³-hybridized carbons (Fsp3) is 0.500. The molecule has 0 aliphatic rings. The standard InChI is InChI=1S/C8H12N2O3/c11-6-2-1-5-10-8(13)4-3-7(12)9-10/h3-4,11H,1-2,5-6H2,(H,9,12). The summed E-state index contributed by atoms with van der Waals surface area (Å²) >= 11 is 0. The molecule has 0 aromatic carbocycles. The van der Waals surface area contributed by atoms with E-state index in [9.17, 15) is 9.59 Å². The van der Waals surface area contributed by atoms with Gasteiger partial charge in [-0.05, 0) is 12.8 Å². The molecular weight excluding hydrogens is 172 g/mol. The van der Waals surface area contributed by atoms with Gasteiger partial charge in [0.05, 0.1) is 0 Å². The van der Waals surface area contributed by atoms with Gasteiger partial charge in [-0.1, -0.05) is 0 Å². The highest BCUT2D eigenvalue weighted by molar-refractivity contribution is 4.85. The van der Waals surface area contributed by atoms with Crippen LogP contribution in [-0.2, 0) is 6.54 Å². The first-order valence-corrected chi connectivity index (χ1v) is 4.15. The molecule has 1 rings (SSSR count). The number of aromatic amines is 1. The summed E-state index contributed by atoms with van der Waals surface area (Å²) in [4.78, 5) is 21.9. The van der Waals surface area contributed by atoms with E-state index in [4.69, 9.17) is 5.11 Å². The van der Waals surface area contributed by atoms with Gasteiger partial charge in [0, 0.05) is 25.3 Å². The van der Waals surface area contributed by atoms with E-state index in [0.29, 0.717) is 19.4 Å². The molecule has 1 aromatic heterocycles. The summed E-state index contributed by atoms with van der Waals surface area (Å²) in [5.41, 5.74) is -0.513. The van der Waals surface area contributed by atoms with Crippen LogP contribution >= 0.6 is 0 Å². The molecule has 0 radical (unpaired) electrons. The molecule has 72 valence electrons. The topological polar surface area (TPSA) is 75.1 Å². The van der Waals surface area contributed by atoms with E-state index in [2.05, 4.69) is 5.10 Å². The van der Waals surface area contributed by atoms with Crippen LogP contribution in [0, 0.1) is 0 Å². The van der Waals surface area contributed by atoms with Crippen LogP contribution in [0.25, 0.3) is 0 Å². The molecule has 0 spiro atoms. The lowest BCUT2D eigenvalue weighted by Crippen LogP contribution is -2.28. The van der Waals surface area contributed by atoms with Crippen molar-refractivity contribution in [2.75, 3.05) is 6.61 Å². The van der Waals surface area contributed by atoms with E-state index in [1.165, 1.54) is 16.8 Å². The average molecular weight is 184 g/mol. The lowest BCUT2D eigenvalue weighted by Gasteiger charge is -2.02. The second kappa shape index (κ2) is 4.61. The summed E-state index contributed by atoms with van der Waals surface area (Å²) in [6, 6.07) is 2.43. The van der Waals surface area contributed by atoms with Crippen molar-refractivity contribution in [1.29, 1.82) is 0 Å². The van der Waals surface area contributed by atoms with Crippen LogP contribution in [0.2, 0.25) is 0 Å². The molecule has 0 aliphatic heterocycles. The Balaban J connectivity index is 2.70. The number of aliphatic hydroxyl groups excluding tert-OH is 1. The van der Waals surface area contributed by atoms with Gasteiger partial charge in [-0.2, -0.15) is 0 Å². The van der Waals surface area contributed by atoms with E-state index in [1.807, 2.05) is 0 Å². The number of hydrogen-bond donors (Lipinski definition) is 2. The molecule has 1 heterocycles. The maximum absolute atomic E-state index is 11.1. The van der Waals surface area contributed by atoms with Crippen molar-refractivity contribution in [3.8, 4) is 0 Å². The molecule has 0 aliphatic carbocycles. The Morgan fingerprint density at radius 2 is 2.08 bits per heavy atom. The van der Waals surface area contributed by atoms with Crippen LogP contribution in [0.5, 0.6) is 0 Å². The Bertz CT molecular complexity index is 366. The Labute approximate surface area is 74.6 Å². The van der Waals surface area contributed by atoms with Gasteiger partial charge in [-0.25, -0.2) is 0 Å². The zero-order valence-electron chi connectivity index (χ0n) is 7.19. The number of aryl methyl sites for hydroxylation is 1. The predicted molar refractivity (Wildman–Crippen MR) is 47.6 cm³/mol. The van der Waals surface area contributed by atoms with E-state index in [0.717, 1.165) is 0 Å². The largest absolute Gasteiger partial charge is 0.396 e. The maximum atomic E-state index is 11.1. The first-order valence-electron chi connectivity index (χ1n) is 4.15. The summed E-state index contributed by atoms with van der Waals surface area (Å²) in [6.45, 7) is 0.543. The van der Waals surface area contributed by atoms with Gasteiger partial charge >= 0.3 is 0 Å². The normalized spacial score (nSPS) is 10.2. The van der Waals surface area contributed by atoms with Crippen LogP contribution in [0.3, 0.4) is 0 Å². The summed E-state index contributed by atoms with van der Waals surface area (Å²) < 4.78 is 1.25. The minimum Gasteiger partial charge on any atom is -0.396 e. The van der Waals surface area contributed by atoms with E-state index in [-0.39, 0.29) is 17.7 Å². The van der Waals surface area contributed by atoms with Crippen LogP contribution < -0.4 is 11.1 Å². The molecule has 0 bridgehead atoms. The van der Waals surface area contributed by atoms with Crippen molar-refractivity contribution in [2.45, 2.75) is 19.4 Å². The van der Waals surface area contributed by atoms with Gasteiger partial charge in [0.2, 0.25) is 0 Å². The third-order valence-corrected chi connectivity index (χ3v) is 1.68. The summed E-state index contributed by atoms with van der Waals surface area (Å²) in [6.07, 6.45) is 1.31. The van der Waals surface area contributed by atoms with Gasteiger partial charge in [-0.3, -0.25) is 19.4 Å². The number of aliphatic hydroxyl groups is 1. The third kappa shape index (κ3) is 2.87. The minimum absolute atomic E-state index is 0.103. The number of aromatic nitrogens is 2. The first-order chi connectivity index (χ1) is 6.24. The van der Waals surface area contributed by atoms with Crippen molar-refractivity contribution in [3.05, 3.63) is 32.8 Å². The van der Waals surface area contributed by atoms with Gasteiger partial charge in [-0.15, -0.1) is 0 Å². The SMILES string of the molecule is O=c1ccc(=O)n(CCCCO)[nH]1. The molecule has 1 aromatic rings. The highest BCUT2D eigenvalue weighted by Crippen LogP contribution is 1.87. The second-order valence-electron chi connectivity index (χ2n) is 2.73. The molecule has 2 N–H and O–H groups in total.